The van der Waals surface area contributed by atoms with E-state index in [1.54, 1.807) is 0 Å². The molecule has 26 heavy (non-hydrogen) atoms. The van der Waals surface area contributed by atoms with Crippen molar-refractivity contribution in [2.75, 3.05) is 14.1 Å². The summed E-state index contributed by atoms with van der Waals surface area (Å²) >= 11 is 0. The van der Waals surface area contributed by atoms with Crippen LogP contribution < -0.4 is 10.6 Å². The first-order valence-electron chi connectivity index (χ1n) is 8.55. The van der Waals surface area contributed by atoms with E-state index in [2.05, 4.69) is 34.3 Å². The Bertz CT molecular complexity index is 828. The molecule has 138 valence electrons. The Balaban J connectivity index is 2.03. The minimum absolute atomic E-state index is 0.107. The lowest BCUT2D eigenvalue weighted by atomic mass is 9.92. The maximum Gasteiger partial charge on any atom is 0.407 e. The van der Waals surface area contributed by atoms with Gasteiger partial charge in [-0.1, -0.05) is 24.3 Å². The Kier molecular flexibility index (Phi) is 5.16. The molecule has 7 nitrogen and oxygen atoms in total. The fraction of sp³-hybridized carbons (Fsp3) is 0.368. The van der Waals surface area contributed by atoms with Gasteiger partial charge in [-0.3, -0.25) is 0 Å². The molecule has 0 radical (unpaired) electrons. The fourth-order valence-corrected chi connectivity index (χ4v) is 3.32. The Morgan fingerprint density at radius 3 is 2.46 bits per heavy atom. The van der Waals surface area contributed by atoms with Gasteiger partial charge in [-0.25, -0.2) is 9.59 Å². The van der Waals surface area contributed by atoms with Gasteiger partial charge in [0.05, 0.1) is 5.69 Å². The molecule has 2 heterocycles. The van der Waals surface area contributed by atoms with E-state index in [0.29, 0.717) is 0 Å². The molecule has 2 aromatic rings. The van der Waals surface area contributed by atoms with Crippen LogP contribution in [0, 0.1) is 0 Å². The topological polar surface area (TPSA) is 81.6 Å². The molecule has 7 heteroatoms. The Morgan fingerprint density at radius 1 is 1.12 bits per heavy atom. The van der Waals surface area contributed by atoms with E-state index >= 15 is 0 Å². The van der Waals surface area contributed by atoms with Gasteiger partial charge in [-0.2, -0.15) is 0 Å². The third-order valence-electron chi connectivity index (χ3n) is 4.60. The second-order valence-corrected chi connectivity index (χ2v) is 6.25. The molecule has 0 aliphatic carbocycles. The number of nitrogens with zero attached hydrogens (tertiary/aromatic N) is 1. The Labute approximate surface area is 152 Å². The first-order valence-corrected chi connectivity index (χ1v) is 8.55. The molecule has 3 rings (SSSR count). The summed E-state index contributed by atoms with van der Waals surface area (Å²) in [7, 11) is 3.03. The van der Waals surface area contributed by atoms with Crippen molar-refractivity contribution in [3.63, 3.8) is 0 Å². The number of amides is 2. The van der Waals surface area contributed by atoms with Crippen molar-refractivity contribution in [1.29, 1.82) is 0 Å². The van der Waals surface area contributed by atoms with Gasteiger partial charge in [0.1, 0.15) is 13.2 Å². The van der Waals surface area contributed by atoms with Gasteiger partial charge in [-0.15, -0.1) is 0 Å². The minimum atomic E-state index is -0.500. The number of aromatic nitrogens is 1. The molecule has 0 spiro atoms. The monoisotopic (exact) mass is 357 g/mol. The first kappa shape index (κ1) is 17.8. The summed E-state index contributed by atoms with van der Waals surface area (Å²) in [6.45, 7) is 2.36. The first-order chi connectivity index (χ1) is 12.5. The predicted octanol–water partition coefficient (Wildman–Crippen LogP) is 2.98. The van der Waals surface area contributed by atoms with Crippen LogP contribution in [-0.2, 0) is 29.1 Å². The molecule has 2 N–H and O–H groups in total. The number of carbonyl (C=O) groups is 2. The number of hydrogen-bond acceptors (Lipinski definition) is 4. The number of hydrogen-bond donors (Lipinski definition) is 2. The Morgan fingerprint density at radius 2 is 1.77 bits per heavy atom. The van der Waals surface area contributed by atoms with Crippen LogP contribution in [0.25, 0.3) is 11.3 Å². The van der Waals surface area contributed by atoms with Crippen molar-refractivity contribution >= 4 is 12.2 Å². The van der Waals surface area contributed by atoms with E-state index in [9.17, 15) is 9.59 Å². The molecule has 1 aromatic heterocycles. The van der Waals surface area contributed by atoms with E-state index in [0.717, 1.165) is 28.8 Å². The standard InChI is InChI=1S/C19H23N3O4/c1-12-8-13-6-4-5-7-15(13)17-16(11-26-19(24)21-3)14(9-22(12)17)10-25-18(23)20-2/h4-7,9,12H,8,10-11H2,1-3H3,(H,20,23)(H,21,24). The van der Waals surface area contributed by atoms with Crippen LogP contribution in [-0.4, -0.2) is 30.8 Å². The third kappa shape index (κ3) is 3.37. The molecule has 0 saturated heterocycles. The van der Waals surface area contributed by atoms with Crippen LogP contribution >= 0.6 is 0 Å². The lowest BCUT2D eigenvalue weighted by molar-refractivity contribution is 0.134. The molecule has 1 unspecified atom stereocenters. The summed E-state index contributed by atoms with van der Waals surface area (Å²) in [5, 5.41) is 4.89. The number of ether oxygens (including phenoxy) is 2. The van der Waals surface area contributed by atoms with Gasteiger partial charge in [0.25, 0.3) is 0 Å². The van der Waals surface area contributed by atoms with E-state index in [1.807, 2.05) is 18.3 Å². The molecule has 1 atom stereocenters. The van der Waals surface area contributed by atoms with Crippen molar-refractivity contribution in [1.82, 2.24) is 15.2 Å². The largest absolute Gasteiger partial charge is 0.445 e. The van der Waals surface area contributed by atoms with Crippen LogP contribution in [0.5, 0.6) is 0 Å². The van der Waals surface area contributed by atoms with E-state index in [4.69, 9.17) is 9.47 Å². The zero-order valence-corrected chi connectivity index (χ0v) is 15.2. The average molecular weight is 357 g/mol. The quantitative estimate of drug-likeness (QED) is 0.881. The maximum absolute atomic E-state index is 11.6. The smallest absolute Gasteiger partial charge is 0.407 e. The summed E-state index contributed by atoms with van der Waals surface area (Å²) in [4.78, 5) is 23.1. The predicted molar refractivity (Wildman–Crippen MR) is 96.8 cm³/mol. The molecular formula is C19H23N3O4. The number of rotatable bonds is 4. The maximum atomic E-state index is 11.6. The SMILES string of the molecule is CNC(=O)OCc1cn2c(c1COC(=O)NC)-c1ccccc1CC2C. The Hall–Kier alpha value is -2.96. The van der Waals surface area contributed by atoms with Gasteiger partial charge >= 0.3 is 12.2 Å². The molecule has 1 aliphatic rings. The molecule has 1 aliphatic heterocycles. The number of nitrogens with one attached hydrogen (secondary N) is 2. The summed E-state index contributed by atoms with van der Waals surface area (Å²) in [6, 6.07) is 8.47. The fourth-order valence-electron chi connectivity index (χ4n) is 3.32. The van der Waals surface area contributed by atoms with Crippen LogP contribution in [0.3, 0.4) is 0 Å². The van der Waals surface area contributed by atoms with Crippen LogP contribution in [0.4, 0.5) is 9.59 Å². The lowest BCUT2D eigenvalue weighted by Crippen LogP contribution is -2.20. The molecule has 0 saturated carbocycles. The summed E-state index contributed by atoms with van der Waals surface area (Å²) < 4.78 is 12.7. The molecule has 0 bridgehead atoms. The second-order valence-electron chi connectivity index (χ2n) is 6.25. The van der Waals surface area contributed by atoms with Gasteiger partial charge in [0.15, 0.2) is 0 Å². The normalized spacial score (nSPS) is 14.8. The van der Waals surface area contributed by atoms with Crippen molar-refractivity contribution in [3.8, 4) is 11.3 Å². The highest BCUT2D eigenvalue weighted by Gasteiger charge is 2.27. The summed E-state index contributed by atoms with van der Waals surface area (Å²) in [5.41, 5.74) is 5.07. The number of fused-ring (bicyclic) bond motifs is 3. The number of benzene rings is 1. The average Bonchev–Trinajstić information content (AvgIpc) is 3.03. The van der Waals surface area contributed by atoms with Crippen LogP contribution in [0.2, 0.25) is 0 Å². The lowest BCUT2D eigenvalue weighted by Gasteiger charge is -2.26. The van der Waals surface area contributed by atoms with Crippen LogP contribution in [0.15, 0.2) is 30.5 Å². The molecular weight excluding hydrogens is 334 g/mol. The summed E-state index contributed by atoms with van der Waals surface area (Å²) in [6.07, 6.45) is 1.91. The number of alkyl carbamates (subject to hydrolysis) is 2. The summed E-state index contributed by atoms with van der Waals surface area (Å²) in [5.74, 6) is 0. The van der Waals surface area contributed by atoms with Crippen molar-refractivity contribution in [2.45, 2.75) is 32.6 Å². The number of carbonyl (C=O) groups excluding carboxylic acids is 2. The van der Waals surface area contributed by atoms with E-state index < -0.39 is 12.2 Å². The molecule has 0 fully saturated rings. The molecule has 1 aromatic carbocycles. The highest BCUT2D eigenvalue weighted by Crippen LogP contribution is 2.39. The van der Waals surface area contributed by atoms with Crippen LogP contribution in [0.1, 0.15) is 29.7 Å². The van der Waals surface area contributed by atoms with E-state index in [-0.39, 0.29) is 19.3 Å². The van der Waals surface area contributed by atoms with Gasteiger partial charge in [-0.05, 0) is 18.9 Å². The molecule has 2 amide bonds. The van der Waals surface area contributed by atoms with Gasteiger partial charge in [0.2, 0.25) is 0 Å². The van der Waals surface area contributed by atoms with Gasteiger partial charge in [0, 0.05) is 43.0 Å². The zero-order chi connectivity index (χ0) is 18.7. The van der Waals surface area contributed by atoms with Crippen molar-refractivity contribution in [2.24, 2.45) is 0 Å². The third-order valence-corrected chi connectivity index (χ3v) is 4.60. The van der Waals surface area contributed by atoms with E-state index in [1.165, 1.54) is 19.7 Å². The minimum Gasteiger partial charge on any atom is -0.445 e. The van der Waals surface area contributed by atoms with Crippen molar-refractivity contribution < 1.29 is 19.1 Å². The van der Waals surface area contributed by atoms with Crippen molar-refractivity contribution in [3.05, 3.63) is 47.2 Å². The highest BCUT2D eigenvalue weighted by molar-refractivity contribution is 5.73. The zero-order valence-electron chi connectivity index (χ0n) is 15.2. The van der Waals surface area contributed by atoms with Gasteiger partial charge < -0.3 is 24.7 Å². The highest BCUT2D eigenvalue weighted by atomic mass is 16.6. The second kappa shape index (κ2) is 7.51.